The van der Waals surface area contributed by atoms with Crippen LogP contribution in [0.15, 0.2) is 0 Å². The summed E-state index contributed by atoms with van der Waals surface area (Å²) in [6, 6.07) is 0.642. The predicted octanol–water partition coefficient (Wildman–Crippen LogP) is 2.51. The van der Waals surface area contributed by atoms with Crippen LogP contribution in [0.3, 0.4) is 0 Å². The number of hydrogen-bond donors (Lipinski definition) is 1. The van der Waals surface area contributed by atoms with Crippen LogP contribution in [0.4, 0.5) is 0 Å². The van der Waals surface area contributed by atoms with E-state index >= 15 is 0 Å². The highest BCUT2D eigenvalue weighted by Gasteiger charge is 2.21. The molecule has 3 heteroatoms. The normalized spacial score (nSPS) is 23.2. The highest BCUT2D eigenvalue weighted by Crippen LogP contribution is 2.18. The summed E-state index contributed by atoms with van der Waals surface area (Å²) < 4.78 is 5.57. The number of unbranched alkanes of at least 4 members (excludes halogenated alkanes) is 1. The second-order valence-electron chi connectivity index (χ2n) is 5.73. The standard InChI is InChI=1S/C15H32N2O/c1-4-5-11-18-12-7-9-16-14(2)15-8-6-10-17(3)13-15/h14-16H,4-13H2,1-3H3. The SMILES string of the molecule is CCCCOCCCNC(C)C1CCCN(C)C1. The topological polar surface area (TPSA) is 24.5 Å². The van der Waals surface area contributed by atoms with E-state index in [9.17, 15) is 0 Å². The van der Waals surface area contributed by atoms with Gasteiger partial charge in [0.05, 0.1) is 0 Å². The zero-order valence-electron chi connectivity index (χ0n) is 12.6. The van der Waals surface area contributed by atoms with Gasteiger partial charge < -0.3 is 15.0 Å². The Balaban J connectivity index is 1.97. The summed E-state index contributed by atoms with van der Waals surface area (Å²) in [6.07, 6.45) is 6.29. The highest BCUT2D eigenvalue weighted by atomic mass is 16.5. The second-order valence-corrected chi connectivity index (χ2v) is 5.73. The largest absolute Gasteiger partial charge is 0.381 e. The van der Waals surface area contributed by atoms with E-state index in [0.717, 1.165) is 32.1 Å². The van der Waals surface area contributed by atoms with Crippen LogP contribution in [0.25, 0.3) is 0 Å². The molecule has 0 saturated carbocycles. The number of hydrogen-bond acceptors (Lipinski definition) is 3. The average molecular weight is 256 g/mol. The van der Waals surface area contributed by atoms with E-state index in [-0.39, 0.29) is 0 Å². The molecular weight excluding hydrogens is 224 g/mol. The summed E-state index contributed by atoms with van der Waals surface area (Å²) >= 11 is 0. The quantitative estimate of drug-likeness (QED) is 0.642. The van der Waals surface area contributed by atoms with Crippen LogP contribution in [0.5, 0.6) is 0 Å². The summed E-state index contributed by atoms with van der Waals surface area (Å²) in [4.78, 5) is 2.46. The van der Waals surface area contributed by atoms with Crippen LogP contribution in [0.2, 0.25) is 0 Å². The first-order chi connectivity index (χ1) is 8.74. The van der Waals surface area contributed by atoms with E-state index in [4.69, 9.17) is 4.74 Å². The lowest BCUT2D eigenvalue weighted by Gasteiger charge is -2.34. The van der Waals surface area contributed by atoms with Crippen LogP contribution < -0.4 is 5.32 Å². The average Bonchev–Trinajstić information content (AvgIpc) is 2.37. The molecule has 2 unspecified atom stereocenters. The highest BCUT2D eigenvalue weighted by molar-refractivity contribution is 4.78. The number of nitrogens with zero attached hydrogens (tertiary/aromatic N) is 1. The van der Waals surface area contributed by atoms with Gasteiger partial charge in [0, 0.05) is 25.8 Å². The Kier molecular flexibility index (Phi) is 8.64. The van der Waals surface area contributed by atoms with E-state index in [1.165, 1.54) is 38.8 Å². The van der Waals surface area contributed by atoms with E-state index in [1.54, 1.807) is 0 Å². The fourth-order valence-corrected chi connectivity index (χ4v) is 2.63. The minimum Gasteiger partial charge on any atom is -0.381 e. The van der Waals surface area contributed by atoms with Crippen molar-refractivity contribution in [3.63, 3.8) is 0 Å². The number of likely N-dealkylation sites (tertiary alicyclic amines) is 1. The van der Waals surface area contributed by atoms with Gasteiger partial charge in [0.1, 0.15) is 0 Å². The first-order valence-electron chi connectivity index (χ1n) is 7.73. The fraction of sp³-hybridized carbons (Fsp3) is 1.00. The van der Waals surface area contributed by atoms with Crippen LogP contribution in [0, 0.1) is 5.92 Å². The van der Waals surface area contributed by atoms with Crippen molar-refractivity contribution >= 4 is 0 Å². The third kappa shape index (κ3) is 6.72. The number of ether oxygens (including phenoxy) is 1. The third-order valence-corrected chi connectivity index (χ3v) is 3.94. The smallest absolute Gasteiger partial charge is 0.0478 e. The summed E-state index contributed by atoms with van der Waals surface area (Å²) in [5, 5.41) is 3.66. The molecule has 0 aromatic carbocycles. The lowest BCUT2D eigenvalue weighted by atomic mass is 9.92. The van der Waals surface area contributed by atoms with Crippen LogP contribution >= 0.6 is 0 Å². The maximum atomic E-state index is 5.57. The van der Waals surface area contributed by atoms with E-state index in [2.05, 4.69) is 31.1 Å². The minimum atomic E-state index is 0.642. The molecule has 1 aliphatic heterocycles. The van der Waals surface area contributed by atoms with Gasteiger partial charge in [-0.25, -0.2) is 0 Å². The van der Waals surface area contributed by atoms with Gasteiger partial charge in [0.2, 0.25) is 0 Å². The van der Waals surface area contributed by atoms with Crippen molar-refractivity contribution in [2.75, 3.05) is 39.9 Å². The van der Waals surface area contributed by atoms with Crippen molar-refractivity contribution in [2.24, 2.45) is 5.92 Å². The zero-order valence-corrected chi connectivity index (χ0v) is 12.6. The first kappa shape index (κ1) is 15.9. The minimum absolute atomic E-state index is 0.642. The Morgan fingerprint density at radius 2 is 2.11 bits per heavy atom. The maximum absolute atomic E-state index is 5.57. The zero-order chi connectivity index (χ0) is 13.2. The van der Waals surface area contributed by atoms with Gasteiger partial charge in [0.15, 0.2) is 0 Å². The van der Waals surface area contributed by atoms with Gasteiger partial charge >= 0.3 is 0 Å². The number of piperidine rings is 1. The molecule has 18 heavy (non-hydrogen) atoms. The van der Waals surface area contributed by atoms with Crippen molar-refractivity contribution in [3.8, 4) is 0 Å². The molecule has 0 spiro atoms. The molecule has 0 amide bonds. The Morgan fingerprint density at radius 1 is 1.33 bits per heavy atom. The van der Waals surface area contributed by atoms with Crippen molar-refractivity contribution in [2.45, 2.75) is 52.0 Å². The molecule has 1 fully saturated rings. The molecule has 0 bridgehead atoms. The molecule has 108 valence electrons. The van der Waals surface area contributed by atoms with Crippen molar-refractivity contribution < 1.29 is 4.74 Å². The molecule has 0 aromatic heterocycles. The summed E-state index contributed by atoms with van der Waals surface area (Å²) in [6.45, 7) is 9.99. The van der Waals surface area contributed by atoms with Crippen molar-refractivity contribution in [1.82, 2.24) is 10.2 Å². The van der Waals surface area contributed by atoms with Gasteiger partial charge in [-0.2, -0.15) is 0 Å². The number of rotatable bonds is 9. The number of nitrogens with one attached hydrogen (secondary N) is 1. The Labute approximate surface area is 113 Å². The molecule has 0 radical (unpaired) electrons. The third-order valence-electron chi connectivity index (χ3n) is 3.94. The van der Waals surface area contributed by atoms with Crippen LogP contribution in [0.1, 0.15) is 46.0 Å². The van der Waals surface area contributed by atoms with E-state index in [0.29, 0.717) is 6.04 Å². The van der Waals surface area contributed by atoms with Gasteiger partial charge in [-0.05, 0) is 58.7 Å². The molecule has 1 rings (SSSR count). The first-order valence-corrected chi connectivity index (χ1v) is 7.73. The van der Waals surface area contributed by atoms with Crippen LogP contribution in [-0.4, -0.2) is 50.8 Å². The lowest BCUT2D eigenvalue weighted by Crippen LogP contribution is -2.43. The molecule has 1 saturated heterocycles. The van der Waals surface area contributed by atoms with E-state index < -0.39 is 0 Å². The van der Waals surface area contributed by atoms with E-state index in [1.807, 2.05) is 0 Å². The monoisotopic (exact) mass is 256 g/mol. The summed E-state index contributed by atoms with van der Waals surface area (Å²) in [5.74, 6) is 0.824. The van der Waals surface area contributed by atoms with Crippen molar-refractivity contribution in [3.05, 3.63) is 0 Å². The molecule has 3 nitrogen and oxygen atoms in total. The molecule has 1 aliphatic rings. The maximum Gasteiger partial charge on any atom is 0.0478 e. The Hall–Kier alpha value is -0.120. The predicted molar refractivity (Wildman–Crippen MR) is 78.0 cm³/mol. The van der Waals surface area contributed by atoms with Crippen molar-refractivity contribution in [1.29, 1.82) is 0 Å². The Bertz CT molecular complexity index is 199. The fourth-order valence-electron chi connectivity index (χ4n) is 2.63. The molecule has 1 heterocycles. The molecular formula is C15H32N2O. The van der Waals surface area contributed by atoms with Gasteiger partial charge in [0.25, 0.3) is 0 Å². The molecule has 2 atom stereocenters. The van der Waals surface area contributed by atoms with Crippen LogP contribution in [-0.2, 0) is 4.74 Å². The molecule has 0 aromatic rings. The molecule has 1 N–H and O–H groups in total. The summed E-state index contributed by atoms with van der Waals surface area (Å²) in [5.41, 5.74) is 0. The Morgan fingerprint density at radius 3 is 2.83 bits per heavy atom. The van der Waals surface area contributed by atoms with Gasteiger partial charge in [-0.3, -0.25) is 0 Å². The van der Waals surface area contributed by atoms with Gasteiger partial charge in [-0.15, -0.1) is 0 Å². The summed E-state index contributed by atoms with van der Waals surface area (Å²) in [7, 11) is 2.24. The van der Waals surface area contributed by atoms with Gasteiger partial charge in [-0.1, -0.05) is 13.3 Å². The molecule has 0 aliphatic carbocycles. The second kappa shape index (κ2) is 9.76. The lowest BCUT2D eigenvalue weighted by molar-refractivity contribution is 0.126.